The second-order valence-electron chi connectivity index (χ2n) is 1.90. The first-order chi connectivity index (χ1) is 4.74. The molecule has 0 radical (unpaired) electrons. The van der Waals surface area contributed by atoms with Crippen molar-refractivity contribution in [3.8, 4) is 0 Å². The molecule has 1 aliphatic heterocycles. The number of allylic oxidation sites excluding steroid dienone is 1. The van der Waals surface area contributed by atoms with Crippen molar-refractivity contribution in [2.45, 2.75) is 11.7 Å². The maximum Gasteiger partial charge on any atom is 0.341 e. The number of carbonyl (C=O) groups is 2. The van der Waals surface area contributed by atoms with E-state index in [2.05, 4.69) is 0 Å². The van der Waals surface area contributed by atoms with Gasteiger partial charge in [0, 0.05) is 0 Å². The molecule has 0 saturated heterocycles. The molecule has 4 heteroatoms. The predicted octanol–water partition coefficient (Wildman–Crippen LogP) is 0.659. The molecule has 0 amide bonds. The van der Waals surface area contributed by atoms with E-state index in [1.54, 1.807) is 6.08 Å². The number of hydrogen-bond donors (Lipinski definition) is 1. The van der Waals surface area contributed by atoms with Crippen LogP contribution in [0.3, 0.4) is 0 Å². The van der Waals surface area contributed by atoms with Gasteiger partial charge in [-0.2, -0.15) is 0 Å². The largest absolute Gasteiger partial charge is 0.477 e. The van der Waals surface area contributed by atoms with E-state index in [9.17, 15) is 9.59 Å². The highest BCUT2D eigenvalue weighted by Gasteiger charge is 2.21. The van der Waals surface area contributed by atoms with Crippen molar-refractivity contribution in [3.63, 3.8) is 0 Å². The third-order valence-corrected chi connectivity index (χ3v) is 2.38. The van der Waals surface area contributed by atoms with Crippen molar-refractivity contribution in [2.75, 3.05) is 0 Å². The first-order valence-electron chi connectivity index (χ1n) is 2.79. The highest BCUT2D eigenvalue weighted by Crippen LogP contribution is 2.30. The molecule has 10 heavy (non-hydrogen) atoms. The summed E-state index contributed by atoms with van der Waals surface area (Å²) in [5.74, 6) is -0.936. The molecule has 1 unspecified atom stereocenters. The highest BCUT2D eigenvalue weighted by molar-refractivity contribution is 8.05. The Bertz CT molecular complexity index is 197. The summed E-state index contributed by atoms with van der Waals surface area (Å²) >= 11 is 1.11. The Balaban J connectivity index is 2.54. The molecule has 1 N–H and O–H groups in total. The first kappa shape index (κ1) is 7.34. The molecule has 1 heterocycles. The van der Waals surface area contributed by atoms with Gasteiger partial charge in [0.05, 0.1) is 10.2 Å². The van der Waals surface area contributed by atoms with Gasteiger partial charge in [0.1, 0.15) is 6.29 Å². The number of carboxylic acids is 1. The van der Waals surface area contributed by atoms with E-state index >= 15 is 0 Å². The number of carbonyl (C=O) groups excluding carboxylic acids is 1. The standard InChI is InChI=1S/C6H6O3S/c7-3-4-1-2-5(10-4)6(8)9/h2-4H,1H2,(H,8,9). The van der Waals surface area contributed by atoms with Crippen molar-refractivity contribution >= 4 is 24.0 Å². The fraction of sp³-hybridized carbons (Fsp3) is 0.333. The third-order valence-electron chi connectivity index (χ3n) is 1.18. The van der Waals surface area contributed by atoms with E-state index in [4.69, 9.17) is 5.11 Å². The van der Waals surface area contributed by atoms with E-state index < -0.39 is 5.97 Å². The van der Waals surface area contributed by atoms with Crippen molar-refractivity contribution in [2.24, 2.45) is 0 Å². The predicted molar refractivity (Wildman–Crippen MR) is 37.8 cm³/mol. The molecule has 54 valence electrons. The van der Waals surface area contributed by atoms with E-state index in [-0.39, 0.29) is 10.2 Å². The Morgan fingerprint density at radius 3 is 2.90 bits per heavy atom. The number of aliphatic carboxylic acids is 1. The molecular formula is C6H6O3S. The molecule has 0 spiro atoms. The fourth-order valence-corrected chi connectivity index (χ4v) is 1.57. The summed E-state index contributed by atoms with van der Waals surface area (Å²) < 4.78 is 0. The quantitative estimate of drug-likeness (QED) is 0.600. The molecule has 0 aromatic rings. The van der Waals surface area contributed by atoms with Crippen LogP contribution in [0.25, 0.3) is 0 Å². The third kappa shape index (κ3) is 1.39. The Labute approximate surface area is 62.1 Å². The van der Waals surface area contributed by atoms with Gasteiger partial charge in [-0.3, -0.25) is 0 Å². The molecule has 0 aromatic heterocycles. The summed E-state index contributed by atoms with van der Waals surface area (Å²) in [4.78, 5) is 20.7. The fourth-order valence-electron chi connectivity index (χ4n) is 0.704. The Hall–Kier alpha value is -0.770. The van der Waals surface area contributed by atoms with Gasteiger partial charge >= 0.3 is 5.97 Å². The summed E-state index contributed by atoms with van der Waals surface area (Å²) in [5.41, 5.74) is 0. The Kier molecular flexibility index (Phi) is 2.11. The highest BCUT2D eigenvalue weighted by atomic mass is 32.2. The van der Waals surface area contributed by atoms with Crippen LogP contribution in [-0.2, 0) is 9.59 Å². The van der Waals surface area contributed by atoms with Gasteiger partial charge in [0.2, 0.25) is 0 Å². The second-order valence-corrected chi connectivity index (χ2v) is 3.18. The first-order valence-corrected chi connectivity index (χ1v) is 3.67. The normalized spacial score (nSPS) is 24.0. The van der Waals surface area contributed by atoms with Crippen LogP contribution < -0.4 is 0 Å². The minimum Gasteiger partial charge on any atom is -0.477 e. The maximum absolute atomic E-state index is 10.3. The van der Waals surface area contributed by atoms with Gasteiger partial charge in [0.15, 0.2) is 0 Å². The molecule has 0 saturated carbocycles. The van der Waals surface area contributed by atoms with Crippen molar-refractivity contribution < 1.29 is 14.7 Å². The molecule has 1 atom stereocenters. The summed E-state index contributed by atoms with van der Waals surface area (Å²) in [6.45, 7) is 0. The van der Waals surface area contributed by atoms with Crippen LogP contribution in [0.1, 0.15) is 6.42 Å². The molecule has 0 fully saturated rings. The number of aldehydes is 1. The summed E-state index contributed by atoms with van der Waals surface area (Å²) in [5, 5.41) is 8.25. The Morgan fingerprint density at radius 1 is 1.90 bits per heavy atom. The summed E-state index contributed by atoms with van der Waals surface area (Å²) in [7, 11) is 0. The smallest absolute Gasteiger partial charge is 0.341 e. The van der Waals surface area contributed by atoms with Crippen molar-refractivity contribution in [1.82, 2.24) is 0 Å². The lowest BCUT2D eigenvalue weighted by Crippen LogP contribution is -1.99. The van der Waals surface area contributed by atoms with Crippen LogP contribution in [0, 0.1) is 0 Å². The zero-order valence-electron chi connectivity index (χ0n) is 5.11. The topological polar surface area (TPSA) is 54.4 Å². The van der Waals surface area contributed by atoms with E-state index in [0.717, 1.165) is 18.0 Å². The lowest BCUT2D eigenvalue weighted by atomic mass is 10.3. The Morgan fingerprint density at radius 2 is 2.60 bits per heavy atom. The molecule has 0 aliphatic carbocycles. The molecular weight excluding hydrogens is 152 g/mol. The van der Waals surface area contributed by atoms with Gasteiger partial charge in [-0.1, -0.05) is 6.08 Å². The van der Waals surface area contributed by atoms with E-state index in [1.165, 1.54) is 0 Å². The van der Waals surface area contributed by atoms with Gasteiger partial charge in [-0.05, 0) is 6.42 Å². The van der Waals surface area contributed by atoms with Crippen LogP contribution in [0.4, 0.5) is 0 Å². The number of hydrogen-bond acceptors (Lipinski definition) is 3. The van der Waals surface area contributed by atoms with Crippen molar-refractivity contribution in [3.05, 3.63) is 11.0 Å². The molecule has 1 aliphatic rings. The average Bonchev–Trinajstić information content (AvgIpc) is 2.34. The van der Waals surface area contributed by atoms with Crippen LogP contribution in [0.15, 0.2) is 11.0 Å². The molecule has 3 nitrogen and oxygen atoms in total. The summed E-state index contributed by atoms with van der Waals surface area (Å²) in [6, 6.07) is 0. The van der Waals surface area contributed by atoms with Crippen LogP contribution >= 0.6 is 11.8 Å². The molecule has 0 bridgehead atoms. The van der Waals surface area contributed by atoms with E-state index in [1.807, 2.05) is 0 Å². The molecule has 0 aromatic carbocycles. The zero-order chi connectivity index (χ0) is 7.56. The van der Waals surface area contributed by atoms with Gasteiger partial charge in [0.25, 0.3) is 0 Å². The SMILES string of the molecule is O=CC1CC=C(C(=O)O)S1. The van der Waals surface area contributed by atoms with Gasteiger partial charge < -0.3 is 9.90 Å². The lowest BCUT2D eigenvalue weighted by Gasteiger charge is -1.95. The van der Waals surface area contributed by atoms with Crippen molar-refractivity contribution in [1.29, 1.82) is 0 Å². The molecule has 1 rings (SSSR count). The number of thioether (sulfide) groups is 1. The van der Waals surface area contributed by atoms with E-state index in [0.29, 0.717) is 6.42 Å². The monoisotopic (exact) mass is 158 g/mol. The van der Waals surface area contributed by atoms with Crippen LogP contribution in [0.5, 0.6) is 0 Å². The van der Waals surface area contributed by atoms with Crippen LogP contribution in [0.2, 0.25) is 0 Å². The van der Waals surface area contributed by atoms with Gasteiger partial charge in [-0.15, -0.1) is 11.8 Å². The van der Waals surface area contributed by atoms with Crippen LogP contribution in [-0.4, -0.2) is 22.6 Å². The minimum atomic E-state index is -0.936. The second kappa shape index (κ2) is 2.88. The summed E-state index contributed by atoms with van der Waals surface area (Å²) in [6.07, 6.45) is 2.90. The lowest BCUT2D eigenvalue weighted by molar-refractivity contribution is -0.131. The van der Waals surface area contributed by atoms with Gasteiger partial charge in [-0.25, -0.2) is 4.79 Å². The number of carboxylic acid groups (broad SMARTS) is 1. The maximum atomic E-state index is 10.3. The average molecular weight is 158 g/mol. The minimum absolute atomic E-state index is 0.175. The zero-order valence-corrected chi connectivity index (χ0v) is 5.93. The number of rotatable bonds is 2.